The van der Waals surface area contributed by atoms with Gasteiger partial charge in [-0.1, -0.05) is 85.3 Å². The summed E-state index contributed by atoms with van der Waals surface area (Å²) in [6.07, 6.45) is 1.50. The van der Waals surface area contributed by atoms with E-state index in [2.05, 4.69) is 5.32 Å². The van der Waals surface area contributed by atoms with Crippen LogP contribution in [0.3, 0.4) is 0 Å². The third-order valence-electron chi connectivity index (χ3n) is 6.14. The molecule has 5 heteroatoms. The van der Waals surface area contributed by atoms with Crippen LogP contribution in [0.4, 0.5) is 0 Å². The van der Waals surface area contributed by atoms with Gasteiger partial charge in [0.05, 0.1) is 6.42 Å². The molecule has 0 fully saturated rings. The van der Waals surface area contributed by atoms with Crippen molar-refractivity contribution in [3.8, 4) is 0 Å². The second-order valence-corrected chi connectivity index (χ2v) is 9.21. The second kappa shape index (κ2) is 12.4. The predicted molar refractivity (Wildman–Crippen MR) is 139 cm³/mol. The molecule has 2 atom stereocenters. The molecule has 0 aliphatic heterocycles. The van der Waals surface area contributed by atoms with Gasteiger partial charge in [-0.15, -0.1) is 0 Å². The Bertz CT molecular complexity index is 1080. The maximum Gasteiger partial charge on any atom is 0.243 e. The lowest BCUT2D eigenvalue weighted by Crippen LogP contribution is -2.52. The normalized spacial score (nSPS) is 12.6. The molecule has 1 N–H and O–H groups in total. The van der Waals surface area contributed by atoms with Gasteiger partial charge >= 0.3 is 0 Å². The van der Waals surface area contributed by atoms with Crippen LogP contribution in [0.1, 0.15) is 42.5 Å². The topological polar surface area (TPSA) is 49.4 Å². The first-order valence-electron chi connectivity index (χ1n) is 11.8. The highest BCUT2D eigenvalue weighted by atomic mass is 35.5. The van der Waals surface area contributed by atoms with E-state index in [4.69, 9.17) is 11.6 Å². The molecule has 3 aromatic rings. The molecule has 3 rings (SSSR count). The molecule has 0 aliphatic rings. The van der Waals surface area contributed by atoms with Crippen molar-refractivity contribution >= 4 is 23.4 Å². The van der Waals surface area contributed by atoms with Crippen LogP contribution in [-0.4, -0.2) is 28.8 Å². The van der Waals surface area contributed by atoms with Crippen LogP contribution < -0.4 is 5.32 Å². The highest BCUT2D eigenvalue weighted by Crippen LogP contribution is 2.19. The molecule has 2 unspecified atom stereocenters. The summed E-state index contributed by atoms with van der Waals surface area (Å²) in [4.78, 5) is 29.0. The van der Waals surface area contributed by atoms with Crippen LogP contribution in [0, 0.1) is 6.92 Å². The van der Waals surface area contributed by atoms with E-state index in [1.807, 2.05) is 99.6 Å². The Morgan fingerprint density at radius 1 is 0.912 bits per heavy atom. The van der Waals surface area contributed by atoms with E-state index in [9.17, 15) is 9.59 Å². The SMILES string of the molecule is CCC(C)NC(=O)C(Cc1ccccc1)N(Cc1ccc(Cl)cc1)C(=O)Cc1ccccc1C. The molecule has 2 amide bonds. The third-order valence-corrected chi connectivity index (χ3v) is 6.39. The molecule has 0 bridgehead atoms. The lowest BCUT2D eigenvalue weighted by molar-refractivity contribution is -0.141. The van der Waals surface area contributed by atoms with Gasteiger partial charge in [0.25, 0.3) is 0 Å². The summed E-state index contributed by atoms with van der Waals surface area (Å²) < 4.78 is 0. The molecule has 0 spiro atoms. The zero-order chi connectivity index (χ0) is 24.5. The summed E-state index contributed by atoms with van der Waals surface area (Å²) in [5.74, 6) is -0.213. The Kier molecular flexibility index (Phi) is 9.29. The summed E-state index contributed by atoms with van der Waals surface area (Å²) in [6, 6.07) is 24.6. The Morgan fingerprint density at radius 2 is 1.56 bits per heavy atom. The first-order valence-corrected chi connectivity index (χ1v) is 12.2. The highest BCUT2D eigenvalue weighted by molar-refractivity contribution is 6.30. The van der Waals surface area contributed by atoms with E-state index >= 15 is 0 Å². The first kappa shape index (κ1) is 25.5. The molecule has 0 saturated carbocycles. The Balaban J connectivity index is 1.97. The van der Waals surface area contributed by atoms with E-state index in [0.717, 1.165) is 28.7 Å². The van der Waals surface area contributed by atoms with Gasteiger partial charge < -0.3 is 10.2 Å². The Morgan fingerprint density at radius 3 is 2.21 bits per heavy atom. The number of nitrogens with zero attached hydrogens (tertiary/aromatic N) is 1. The predicted octanol–water partition coefficient (Wildman–Crippen LogP) is 5.75. The number of carbonyl (C=O) groups excluding carboxylic acids is 2. The van der Waals surface area contributed by atoms with Crippen LogP contribution in [0.5, 0.6) is 0 Å². The van der Waals surface area contributed by atoms with Gasteiger partial charge in [-0.25, -0.2) is 0 Å². The monoisotopic (exact) mass is 476 g/mol. The smallest absolute Gasteiger partial charge is 0.243 e. The van der Waals surface area contributed by atoms with Gasteiger partial charge in [-0.3, -0.25) is 9.59 Å². The number of aryl methyl sites for hydroxylation is 1. The van der Waals surface area contributed by atoms with Gasteiger partial charge in [-0.05, 0) is 54.7 Å². The molecular weight excluding hydrogens is 444 g/mol. The van der Waals surface area contributed by atoms with Crippen LogP contribution in [-0.2, 0) is 29.0 Å². The minimum Gasteiger partial charge on any atom is -0.352 e. The van der Waals surface area contributed by atoms with Crippen molar-refractivity contribution in [1.82, 2.24) is 10.2 Å². The lowest BCUT2D eigenvalue weighted by atomic mass is 10.00. The summed E-state index contributed by atoms with van der Waals surface area (Å²) in [6.45, 7) is 6.35. The van der Waals surface area contributed by atoms with Crippen molar-refractivity contribution in [3.63, 3.8) is 0 Å². The highest BCUT2D eigenvalue weighted by Gasteiger charge is 2.31. The summed E-state index contributed by atoms with van der Waals surface area (Å²) in [7, 11) is 0. The van der Waals surface area contributed by atoms with E-state index < -0.39 is 6.04 Å². The molecule has 0 aliphatic carbocycles. The number of halogens is 1. The third kappa shape index (κ3) is 7.19. The average molecular weight is 477 g/mol. The minimum absolute atomic E-state index is 0.0228. The fourth-order valence-electron chi connectivity index (χ4n) is 3.85. The summed E-state index contributed by atoms with van der Waals surface area (Å²) in [5.41, 5.74) is 3.97. The van der Waals surface area contributed by atoms with Gasteiger partial charge in [0.2, 0.25) is 11.8 Å². The zero-order valence-corrected chi connectivity index (χ0v) is 20.9. The van der Waals surface area contributed by atoms with Crippen molar-refractivity contribution in [2.75, 3.05) is 0 Å². The zero-order valence-electron chi connectivity index (χ0n) is 20.1. The number of hydrogen-bond acceptors (Lipinski definition) is 2. The van der Waals surface area contributed by atoms with E-state index in [0.29, 0.717) is 18.0 Å². The molecular formula is C29H33ClN2O2. The standard InChI is InChI=1S/C29H33ClN2O2/c1-4-22(3)31-29(34)27(18-23-11-6-5-7-12-23)32(20-24-14-16-26(30)17-15-24)28(33)19-25-13-9-8-10-21(25)2/h5-17,22,27H,4,18-20H2,1-3H3,(H,31,34). The Hall–Kier alpha value is -3.11. The van der Waals surface area contributed by atoms with Crippen molar-refractivity contribution in [1.29, 1.82) is 0 Å². The molecule has 0 aromatic heterocycles. The van der Waals surface area contributed by atoms with Crippen molar-refractivity contribution in [3.05, 3.63) is 106 Å². The molecule has 0 heterocycles. The first-order chi connectivity index (χ1) is 16.4. The van der Waals surface area contributed by atoms with Crippen molar-refractivity contribution < 1.29 is 9.59 Å². The quantitative estimate of drug-likeness (QED) is 0.405. The van der Waals surface area contributed by atoms with Gasteiger partial charge in [0, 0.05) is 24.0 Å². The average Bonchev–Trinajstić information content (AvgIpc) is 2.84. The minimum atomic E-state index is -0.636. The number of amides is 2. The molecule has 178 valence electrons. The summed E-state index contributed by atoms with van der Waals surface area (Å²) >= 11 is 6.08. The van der Waals surface area contributed by atoms with E-state index in [1.54, 1.807) is 4.90 Å². The molecule has 0 saturated heterocycles. The number of rotatable bonds is 10. The number of nitrogens with one attached hydrogen (secondary N) is 1. The van der Waals surface area contributed by atoms with Gasteiger partial charge in [-0.2, -0.15) is 0 Å². The van der Waals surface area contributed by atoms with Gasteiger partial charge in [0.15, 0.2) is 0 Å². The summed E-state index contributed by atoms with van der Waals surface area (Å²) in [5, 5.41) is 3.74. The fraction of sp³-hybridized carbons (Fsp3) is 0.310. The van der Waals surface area contributed by atoms with Crippen molar-refractivity contribution in [2.45, 2.75) is 58.7 Å². The lowest BCUT2D eigenvalue weighted by Gasteiger charge is -2.32. The van der Waals surface area contributed by atoms with E-state index in [1.165, 1.54) is 0 Å². The number of hydrogen-bond donors (Lipinski definition) is 1. The second-order valence-electron chi connectivity index (χ2n) is 8.77. The van der Waals surface area contributed by atoms with Crippen LogP contribution in [0.15, 0.2) is 78.9 Å². The van der Waals surface area contributed by atoms with Crippen LogP contribution in [0.25, 0.3) is 0 Å². The van der Waals surface area contributed by atoms with Gasteiger partial charge in [0.1, 0.15) is 6.04 Å². The largest absolute Gasteiger partial charge is 0.352 e. The number of benzene rings is 3. The fourth-order valence-corrected chi connectivity index (χ4v) is 3.98. The maximum absolute atomic E-state index is 13.7. The molecule has 0 radical (unpaired) electrons. The molecule has 3 aromatic carbocycles. The van der Waals surface area contributed by atoms with Crippen LogP contribution >= 0.6 is 11.6 Å². The number of carbonyl (C=O) groups is 2. The molecule has 4 nitrogen and oxygen atoms in total. The maximum atomic E-state index is 13.7. The van der Waals surface area contributed by atoms with Crippen molar-refractivity contribution in [2.24, 2.45) is 0 Å². The molecule has 34 heavy (non-hydrogen) atoms. The van der Waals surface area contributed by atoms with Crippen LogP contribution in [0.2, 0.25) is 5.02 Å². The Labute approximate surface area is 207 Å². The van der Waals surface area contributed by atoms with E-state index in [-0.39, 0.29) is 24.3 Å².